The lowest BCUT2D eigenvalue weighted by molar-refractivity contribution is 0.0473. The van der Waals surface area contributed by atoms with Gasteiger partial charge < -0.3 is 13.9 Å². The third kappa shape index (κ3) is 3.58. The number of esters is 1. The van der Waals surface area contributed by atoms with Crippen molar-refractivity contribution < 1.29 is 23.5 Å². The number of carbonyl (C=O) groups is 2. The third-order valence-electron chi connectivity index (χ3n) is 3.68. The van der Waals surface area contributed by atoms with Crippen LogP contribution in [-0.2, 0) is 11.3 Å². The Morgan fingerprint density at radius 1 is 1.12 bits per heavy atom. The zero-order chi connectivity index (χ0) is 17.8. The van der Waals surface area contributed by atoms with Crippen molar-refractivity contribution in [2.45, 2.75) is 6.61 Å². The zero-order valence-electron chi connectivity index (χ0n) is 13.4. The van der Waals surface area contributed by atoms with Gasteiger partial charge in [0.2, 0.25) is 0 Å². The number of carbonyl (C=O) groups excluding carboxylic acids is 2. The Bertz CT molecular complexity index is 985. The molecule has 25 heavy (non-hydrogen) atoms. The molecule has 0 aliphatic carbocycles. The highest BCUT2D eigenvalue weighted by molar-refractivity contribution is 5.90. The minimum absolute atomic E-state index is 0.0807. The van der Waals surface area contributed by atoms with Crippen molar-refractivity contribution >= 4 is 23.2 Å². The van der Waals surface area contributed by atoms with Crippen molar-refractivity contribution in [1.82, 2.24) is 0 Å². The predicted molar refractivity (Wildman–Crippen MR) is 90.0 cm³/mol. The lowest BCUT2D eigenvalue weighted by atomic mass is 10.1. The van der Waals surface area contributed by atoms with E-state index >= 15 is 0 Å². The van der Waals surface area contributed by atoms with Crippen molar-refractivity contribution in [1.29, 1.82) is 0 Å². The maximum Gasteiger partial charge on any atom is 0.338 e. The van der Waals surface area contributed by atoms with Crippen LogP contribution in [0.2, 0.25) is 0 Å². The van der Waals surface area contributed by atoms with Gasteiger partial charge in [0.25, 0.3) is 0 Å². The molecule has 0 fully saturated rings. The topological polar surface area (TPSA) is 82.8 Å². The van der Waals surface area contributed by atoms with Crippen LogP contribution >= 0.6 is 0 Å². The maximum atomic E-state index is 12.1. The summed E-state index contributed by atoms with van der Waals surface area (Å²) >= 11 is 0. The number of rotatable bonds is 5. The van der Waals surface area contributed by atoms with Gasteiger partial charge in [0.05, 0.1) is 12.7 Å². The van der Waals surface area contributed by atoms with Crippen molar-refractivity contribution in [2.75, 3.05) is 7.11 Å². The maximum absolute atomic E-state index is 12.1. The number of aldehydes is 1. The Kier molecular flexibility index (Phi) is 4.61. The molecule has 2 aromatic carbocycles. The van der Waals surface area contributed by atoms with Gasteiger partial charge in [-0.2, -0.15) is 0 Å². The van der Waals surface area contributed by atoms with E-state index in [1.165, 1.54) is 37.4 Å². The predicted octanol–water partition coefficient (Wildman–Crippen LogP) is 2.97. The monoisotopic (exact) mass is 338 g/mol. The molecule has 0 radical (unpaired) electrons. The number of methoxy groups -OCH3 is 1. The molecular weight excluding hydrogens is 324 g/mol. The van der Waals surface area contributed by atoms with Crippen LogP contribution in [0.1, 0.15) is 26.3 Å². The number of hydrogen-bond donors (Lipinski definition) is 0. The largest absolute Gasteiger partial charge is 0.497 e. The van der Waals surface area contributed by atoms with E-state index in [4.69, 9.17) is 13.9 Å². The first-order chi connectivity index (χ1) is 12.1. The van der Waals surface area contributed by atoms with Gasteiger partial charge >= 0.3 is 11.6 Å². The number of hydrogen-bond acceptors (Lipinski definition) is 6. The summed E-state index contributed by atoms with van der Waals surface area (Å²) in [5.41, 5.74) is 1.14. The van der Waals surface area contributed by atoms with Crippen LogP contribution in [0.25, 0.3) is 11.0 Å². The van der Waals surface area contributed by atoms with Gasteiger partial charge in [0, 0.05) is 28.6 Å². The lowest BCUT2D eigenvalue weighted by Gasteiger charge is -2.08. The fourth-order valence-electron chi connectivity index (χ4n) is 2.38. The average Bonchev–Trinajstić information content (AvgIpc) is 2.65. The molecule has 0 amide bonds. The molecule has 126 valence electrons. The highest BCUT2D eigenvalue weighted by atomic mass is 16.5. The molecule has 0 N–H and O–H groups in total. The number of fused-ring (bicyclic) bond motifs is 1. The van der Waals surface area contributed by atoms with Crippen molar-refractivity contribution in [3.05, 3.63) is 75.6 Å². The first-order valence-corrected chi connectivity index (χ1v) is 7.44. The fourth-order valence-corrected chi connectivity index (χ4v) is 2.38. The smallest absolute Gasteiger partial charge is 0.338 e. The summed E-state index contributed by atoms with van der Waals surface area (Å²) < 4.78 is 15.5. The molecule has 3 rings (SSSR count). The first-order valence-electron chi connectivity index (χ1n) is 7.44. The molecule has 0 saturated carbocycles. The first kappa shape index (κ1) is 16.4. The molecule has 0 unspecified atom stereocenters. The van der Waals surface area contributed by atoms with E-state index in [1.54, 1.807) is 18.2 Å². The molecule has 0 saturated heterocycles. The van der Waals surface area contributed by atoms with Crippen LogP contribution in [0.4, 0.5) is 0 Å². The minimum atomic E-state index is -0.549. The summed E-state index contributed by atoms with van der Waals surface area (Å²) in [6.07, 6.45) is 0.693. The molecule has 0 spiro atoms. The second kappa shape index (κ2) is 7.00. The highest BCUT2D eigenvalue weighted by Gasteiger charge is 2.11. The zero-order valence-corrected chi connectivity index (χ0v) is 13.4. The summed E-state index contributed by atoms with van der Waals surface area (Å²) in [7, 11) is 1.51. The second-order valence-corrected chi connectivity index (χ2v) is 5.27. The molecule has 0 aliphatic rings. The van der Waals surface area contributed by atoms with Crippen LogP contribution in [0.15, 0.2) is 57.7 Å². The van der Waals surface area contributed by atoms with Gasteiger partial charge in [-0.3, -0.25) is 4.79 Å². The van der Waals surface area contributed by atoms with Gasteiger partial charge in [-0.25, -0.2) is 9.59 Å². The SMILES string of the molecule is COc1ccc2c(COC(=O)c3ccc(C=O)cc3)cc(=O)oc2c1. The summed E-state index contributed by atoms with van der Waals surface area (Å²) in [5, 5.41) is 0.657. The molecule has 0 bridgehead atoms. The number of ether oxygens (including phenoxy) is 2. The normalized spacial score (nSPS) is 10.4. The Labute approximate surface area is 142 Å². The summed E-state index contributed by atoms with van der Waals surface area (Å²) in [4.78, 5) is 34.5. The van der Waals surface area contributed by atoms with Crippen LogP contribution in [0.5, 0.6) is 5.75 Å². The van der Waals surface area contributed by atoms with Crippen LogP contribution in [0.3, 0.4) is 0 Å². The molecule has 0 atom stereocenters. The minimum Gasteiger partial charge on any atom is -0.497 e. The van der Waals surface area contributed by atoms with Gasteiger partial charge in [0.1, 0.15) is 24.2 Å². The Morgan fingerprint density at radius 3 is 2.56 bits per heavy atom. The molecule has 6 heteroatoms. The molecule has 6 nitrogen and oxygen atoms in total. The molecule has 0 aliphatic heterocycles. The van der Waals surface area contributed by atoms with Crippen LogP contribution < -0.4 is 10.4 Å². The standard InChI is InChI=1S/C19H14O6/c1-23-15-6-7-16-14(8-18(21)25-17(16)9-15)11-24-19(22)13-4-2-12(10-20)3-5-13/h2-10H,11H2,1H3. The van der Waals surface area contributed by atoms with E-state index in [0.717, 1.165) is 0 Å². The lowest BCUT2D eigenvalue weighted by Crippen LogP contribution is -2.08. The van der Waals surface area contributed by atoms with E-state index in [1.807, 2.05) is 0 Å². The van der Waals surface area contributed by atoms with Crippen LogP contribution in [0, 0.1) is 0 Å². The van der Waals surface area contributed by atoms with E-state index in [-0.39, 0.29) is 6.61 Å². The molecule has 1 heterocycles. The fraction of sp³-hybridized carbons (Fsp3) is 0.105. The quantitative estimate of drug-likeness (QED) is 0.404. The van der Waals surface area contributed by atoms with Gasteiger partial charge in [0.15, 0.2) is 0 Å². The van der Waals surface area contributed by atoms with Gasteiger partial charge in [-0.05, 0) is 24.3 Å². The van der Waals surface area contributed by atoms with Crippen LogP contribution in [-0.4, -0.2) is 19.4 Å². The van der Waals surface area contributed by atoms with E-state index < -0.39 is 11.6 Å². The van der Waals surface area contributed by atoms with Gasteiger partial charge in [-0.1, -0.05) is 12.1 Å². The molecule has 3 aromatic rings. The van der Waals surface area contributed by atoms with E-state index in [0.29, 0.717) is 39.7 Å². The van der Waals surface area contributed by atoms with Crippen molar-refractivity contribution in [3.8, 4) is 5.75 Å². The van der Waals surface area contributed by atoms with E-state index in [9.17, 15) is 14.4 Å². The van der Waals surface area contributed by atoms with Crippen molar-refractivity contribution in [2.24, 2.45) is 0 Å². The van der Waals surface area contributed by atoms with E-state index in [2.05, 4.69) is 0 Å². The highest BCUT2D eigenvalue weighted by Crippen LogP contribution is 2.23. The van der Waals surface area contributed by atoms with Gasteiger partial charge in [-0.15, -0.1) is 0 Å². The summed E-state index contributed by atoms with van der Waals surface area (Å²) in [6.45, 7) is -0.0807. The molecule has 1 aromatic heterocycles. The third-order valence-corrected chi connectivity index (χ3v) is 3.68. The number of benzene rings is 2. The average molecular weight is 338 g/mol. The Hall–Kier alpha value is -3.41. The van der Waals surface area contributed by atoms with Crippen molar-refractivity contribution in [3.63, 3.8) is 0 Å². The summed E-state index contributed by atoms with van der Waals surface area (Å²) in [5.74, 6) is 0.00686. The Balaban J connectivity index is 1.83. The summed E-state index contributed by atoms with van der Waals surface area (Å²) in [6, 6.07) is 12.4. The molecular formula is C19H14O6. The second-order valence-electron chi connectivity index (χ2n) is 5.27. The Morgan fingerprint density at radius 2 is 1.88 bits per heavy atom.